The summed E-state index contributed by atoms with van der Waals surface area (Å²) in [7, 11) is 1.61. The summed E-state index contributed by atoms with van der Waals surface area (Å²) in [6, 6.07) is 20.4. The van der Waals surface area contributed by atoms with E-state index in [0.29, 0.717) is 18.3 Å². The lowest BCUT2D eigenvalue weighted by Gasteiger charge is -2.06. The minimum atomic E-state index is -0.396. The van der Waals surface area contributed by atoms with Gasteiger partial charge in [0.1, 0.15) is 5.75 Å². The number of hydrogen-bond acceptors (Lipinski definition) is 6. The van der Waals surface area contributed by atoms with E-state index in [2.05, 4.69) is 15.4 Å². The van der Waals surface area contributed by atoms with Gasteiger partial charge >= 0.3 is 5.91 Å². The van der Waals surface area contributed by atoms with Crippen LogP contribution in [0.4, 0.5) is 5.95 Å². The number of nitrogens with one attached hydrogen (secondary N) is 1. The summed E-state index contributed by atoms with van der Waals surface area (Å²) in [6.45, 7) is 0.507. The van der Waals surface area contributed by atoms with Gasteiger partial charge in [0.15, 0.2) is 11.6 Å². The molecule has 0 atom stereocenters. The number of hydrogen-bond donors (Lipinski definition) is 1. The molecule has 0 spiro atoms. The van der Waals surface area contributed by atoms with Crippen molar-refractivity contribution in [2.75, 3.05) is 12.4 Å². The highest BCUT2D eigenvalue weighted by molar-refractivity contribution is 5.94. The number of methoxy groups -OCH3 is 1. The van der Waals surface area contributed by atoms with Crippen molar-refractivity contribution < 1.29 is 13.9 Å². The van der Waals surface area contributed by atoms with Crippen LogP contribution in [0.25, 0.3) is 11.4 Å². The van der Waals surface area contributed by atoms with Crippen LogP contribution >= 0.6 is 0 Å². The minimum absolute atomic E-state index is 0.189. The first-order valence-corrected chi connectivity index (χ1v) is 8.72. The van der Waals surface area contributed by atoms with Crippen molar-refractivity contribution >= 4 is 11.9 Å². The fourth-order valence-electron chi connectivity index (χ4n) is 2.71. The summed E-state index contributed by atoms with van der Waals surface area (Å²) in [5.41, 5.74) is 1.84. The van der Waals surface area contributed by atoms with Gasteiger partial charge in [0, 0.05) is 12.1 Å². The van der Waals surface area contributed by atoms with Crippen LogP contribution in [-0.4, -0.2) is 27.8 Å². The minimum Gasteiger partial charge on any atom is -0.497 e. The highest BCUT2D eigenvalue weighted by atomic mass is 16.5. The van der Waals surface area contributed by atoms with E-state index in [0.717, 1.165) is 16.9 Å². The summed E-state index contributed by atoms with van der Waals surface area (Å²) in [5, 5.41) is 7.58. The highest BCUT2D eigenvalue weighted by Crippen LogP contribution is 2.22. The maximum atomic E-state index is 12.8. The van der Waals surface area contributed by atoms with E-state index in [4.69, 9.17) is 9.15 Å². The number of carbonyl (C=O) groups excluding carboxylic acids is 1. The molecule has 2 aromatic heterocycles. The van der Waals surface area contributed by atoms with Crippen LogP contribution in [0, 0.1) is 0 Å². The van der Waals surface area contributed by atoms with Gasteiger partial charge in [0.05, 0.1) is 13.4 Å². The maximum Gasteiger partial charge on any atom is 0.317 e. The molecule has 140 valence electrons. The smallest absolute Gasteiger partial charge is 0.317 e. The summed E-state index contributed by atoms with van der Waals surface area (Å²) >= 11 is 0. The maximum absolute atomic E-state index is 12.8. The monoisotopic (exact) mass is 374 g/mol. The van der Waals surface area contributed by atoms with Gasteiger partial charge < -0.3 is 14.5 Å². The van der Waals surface area contributed by atoms with Crippen molar-refractivity contribution in [2.24, 2.45) is 0 Å². The van der Waals surface area contributed by atoms with Gasteiger partial charge in [-0.1, -0.05) is 30.3 Å². The number of furan rings is 1. The zero-order chi connectivity index (χ0) is 19.3. The van der Waals surface area contributed by atoms with Gasteiger partial charge in [-0.15, -0.1) is 5.10 Å². The molecule has 4 aromatic rings. The Morgan fingerprint density at radius 2 is 1.86 bits per heavy atom. The van der Waals surface area contributed by atoms with Crippen molar-refractivity contribution in [3.8, 4) is 17.1 Å². The summed E-state index contributed by atoms with van der Waals surface area (Å²) < 4.78 is 11.6. The van der Waals surface area contributed by atoms with Crippen LogP contribution < -0.4 is 10.1 Å². The van der Waals surface area contributed by atoms with Crippen molar-refractivity contribution in [3.05, 3.63) is 84.3 Å². The molecule has 0 radical (unpaired) electrons. The fraction of sp³-hybridized carbons (Fsp3) is 0.0952. The molecule has 0 unspecified atom stereocenters. The van der Waals surface area contributed by atoms with E-state index < -0.39 is 5.91 Å². The number of aromatic nitrogens is 3. The molecule has 2 aromatic carbocycles. The molecule has 7 heteroatoms. The lowest BCUT2D eigenvalue weighted by molar-refractivity contribution is 0.0919. The molecule has 2 heterocycles. The predicted octanol–water partition coefficient (Wildman–Crippen LogP) is 3.85. The summed E-state index contributed by atoms with van der Waals surface area (Å²) in [5.74, 6) is 1.30. The Hall–Kier alpha value is -3.87. The van der Waals surface area contributed by atoms with Crippen LogP contribution in [0.2, 0.25) is 0 Å². The van der Waals surface area contributed by atoms with Gasteiger partial charge in [0.2, 0.25) is 5.95 Å². The largest absolute Gasteiger partial charge is 0.497 e. The normalized spacial score (nSPS) is 10.6. The Morgan fingerprint density at radius 1 is 1.07 bits per heavy atom. The second kappa shape index (κ2) is 7.79. The number of nitrogens with zero attached hydrogens (tertiary/aromatic N) is 3. The third-order valence-corrected chi connectivity index (χ3v) is 4.17. The van der Waals surface area contributed by atoms with E-state index in [-0.39, 0.29) is 5.76 Å². The lowest BCUT2D eigenvalue weighted by atomic mass is 10.2. The molecule has 0 aliphatic rings. The van der Waals surface area contributed by atoms with Crippen LogP contribution in [0.15, 0.2) is 77.4 Å². The molecule has 0 saturated carbocycles. The number of carbonyl (C=O) groups is 1. The third kappa shape index (κ3) is 3.64. The molecule has 7 nitrogen and oxygen atoms in total. The standard InChI is InChI=1S/C21H18N4O3/c1-27-17-11-9-16(10-12-17)19-23-21(22-14-15-6-3-2-4-7-15)25(24-19)20(26)18-8-5-13-28-18/h2-13H,14H2,1H3,(H,22,23,24). The molecule has 0 aliphatic carbocycles. The van der Waals surface area contributed by atoms with Crippen LogP contribution in [0.3, 0.4) is 0 Å². The van der Waals surface area contributed by atoms with E-state index in [1.165, 1.54) is 10.9 Å². The zero-order valence-electron chi connectivity index (χ0n) is 15.2. The van der Waals surface area contributed by atoms with E-state index >= 15 is 0 Å². The number of benzene rings is 2. The molecule has 0 aliphatic heterocycles. The van der Waals surface area contributed by atoms with Gasteiger partial charge in [0.25, 0.3) is 0 Å². The van der Waals surface area contributed by atoms with Crippen LogP contribution in [0.5, 0.6) is 5.75 Å². The molecule has 0 saturated heterocycles. The quantitative estimate of drug-likeness (QED) is 0.552. The molecular weight excluding hydrogens is 356 g/mol. The third-order valence-electron chi connectivity index (χ3n) is 4.17. The molecule has 4 rings (SSSR count). The second-order valence-corrected chi connectivity index (χ2v) is 6.02. The average Bonchev–Trinajstić information content (AvgIpc) is 3.43. The SMILES string of the molecule is COc1ccc(-c2nc(NCc3ccccc3)n(C(=O)c3ccco3)n2)cc1. The van der Waals surface area contributed by atoms with Gasteiger partial charge in [-0.25, -0.2) is 0 Å². The van der Waals surface area contributed by atoms with Crippen molar-refractivity contribution in [3.63, 3.8) is 0 Å². The van der Waals surface area contributed by atoms with Gasteiger partial charge in [-0.2, -0.15) is 9.67 Å². The lowest BCUT2D eigenvalue weighted by Crippen LogP contribution is -2.17. The van der Waals surface area contributed by atoms with Crippen molar-refractivity contribution in [1.29, 1.82) is 0 Å². The van der Waals surface area contributed by atoms with Crippen LogP contribution in [-0.2, 0) is 6.54 Å². The number of ether oxygens (including phenoxy) is 1. The second-order valence-electron chi connectivity index (χ2n) is 6.02. The van der Waals surface area contributed by atoms with E-state index in [9.17, 15) is 4.79 Å². The fourth-order valence-corrected chi connectivity index (χ4v) is 2.71. The topological polar surface area (TPSA) is 82.2 Å². The van der Waals surface area contributed by atoms with Gasteiger partial charge in [-0.3, -0.25) is 4.79 Å². The first-order chi connectivity index (χ1) is 13.7. The molecular formula is C21H18N4O3. The average molecular weight is 374 g/mol. The van der Waals surface area contributed by atoms with E-state index in [1.54, 1.807) is 19.2 Å². The Bertz CT molecular complexity index is 1060. The highest BCUT2D eigenvalue weighted by Gasteiger charge is 2.20. The van der Waals surface area contributed by atoms with E-state index in [1.807, 2.05) is 54.6 Å². The van der Waals surface area contributed by atoms with Crippen molar-refractivity contribution in [1.82, 2.24) is 14.8 Å². The Morgan fingerprint density at radius 3 is 2.54 bits per heavy atom. The van der Waals surface area contributed by atoms with Crippen molar-refractivity contribution in [2.45, 2.75) is 6.54 Å². The zero-order valence-corrected chi connectivity index (χ0v) is 15.2. The predicted molar refractivity (Wildman–Crippen MR) is 104 cm³/mol. The molecule has 1 N–H and O–H groups in total. The molecule has 0 amide bonds. The first kappa shape index (κ1) is 17.5. The number of rotatable bonds is 6. The Kier molecular flexibility index (Phi) is 4.88. The summed E-state index contributed by atoms with van der Waals surface area (Å²) in [6.07, 6.45) is 1.45. The molecule has 28 heavy (non-hydrogen) atoms. The molecule has 0 fully saturated rings. The number of anilines is 1. The Labute approximate surface area is 161 Å². The first-order valence-electron chi connectivity index (χ1n) is 8.72. The van der Waals surface area contributed by atoms with Crippen LogP contribution in [0.1, 0.15) is 16.1 Å². The Balaban J connectivity index is 1.67. The van der Waals surface area contributed by atoms with Gasteiger partial charge in [-0.05, 0) is 42.0 Å². The summed E-state index contributed by atoms with van der Waals surface area (Å²) in [4.78, 5) is 17.3. The molecule has 0 bridgehead atoms.